The minimum Gasteiger partial charge on any atom is -0.455 e. The Morgan fingerprint density at radius 3 is 2.67 bits per heavy atom. The van der Waals surface area contributed by atoms with Crippen molar-refractivity contribution >= 4 is 33.2 Å². The molecule has 0 radical (unpaired) electrons. The van der Waals surface area contributed by atoms with E-state index in [0.717, 1.165) is 5.56 Å². The van der Waals surface area contributed by atoms with Crippen LogP contribution in [0.2, 0.25) is 5.02 Å². The van der Waals surface area contributed by atoms with Gasteiger partial charge in [0.05, 0.1) is 10.2 Å². The maximum atomic E-state index is 13.4. The number of rotatable bonds is 2. The Kier molecular flexibility index (Phi) is 3.78. The lowest BCUT2D eigenvalue weighted by molar-refractivity contribution is 0.478. The number of hydrogen-bond donors (Lipinski definition) is 1. The summed E-state index contributed by atoms with van der Waals surface area (Å²) in [6.45, 7) is 1.86. The molecule has 94 valence electrons. The van der Waals surface area contributed by atoms with E-state index in [-0.39, 0.29) is 5.75 Å². The van der Waals surface area contributed by atoms with Gasteiger partial charge in [-0.15, -0.1) is 0 Å². The zero-order chi connectivity index (χ0) is 13.3. The molecule has 0 aliphatic heterocycles. The largest absolute Gasteiger partial charge is 0.455 e. The lowest BCUT2D eigenvalue weighted by Crippen LogP contribution is -1.94. The Bertz CT molecular complexity index is 604. The number of ether oxygens (including phenoxy) is 1. The number of hydrogen-bond acceptors (Lipinski definition) is 2. The highest BCUT2D eigenvalue weighted by Gasteiger charge is 2.08. The van der Waals surface area contributed by atoms with E-state index in [1.807, 2.05) is 6.92 Å². The molecular weight excluding hydrogens is 321 g/mol. The van der Waals surface area contributed by atoms with E-state index in [4.69, 9.17) is 22.1 Å². The van der Waals surface area contributed by atoms with Crippen molar-refractivity contribution < 1.29 is 9.13 Å². The van der Waals surface area contributed by atoms with Crippen molar-refractivity contribution in [3.8, 4) is 11.5 Å². The Morgan fingerprint density at radius 1 is 1.28 bits per heavy atom. The molecule has 0 atom stereocenters. The maximum absolute atomic E-state index is 13.4. The van der Waals surface area contributed by atoms with Gasteiger partial charge in [0.1, 0.15) is 11.6 Å². The first kappa shape index (κ1) is 13.2. The van der Waals surface area contributed by atoms with Crippen LogP contribution in [-0.4, -0.2) is 0 Å². The van der Waals surface area contributed by atoms with E-state index in [1.54, 1.807) is 18.2 Å². The molecule has 0 amide bonds. The smallest absolute Gasteiger partial charge is 0.153 e. The average Bonchev–Trinajstić information content (AvgIpc) is 2.31. The number of nitrogen functional groups attached to an aromatic ring is 1. The van der Waals surface area contributed by atoms with Crippen molar-refractivity contribution in [1.82, 2.24) is 0 Å². The van der Waals surface area contributed by atoms with Gasteiger partial charge < -0.3 is 10.5 Å². The van der Waals surface area contributed by atoms with Gasteiger partial charge in [-0.1, -0.05) is 11.6 Å². The monoisotopic (exact) mass is 329 g/mol. The Hall–Kier alpha value is -1.26. The van der Waals surface area contributed by atoms with Crippen LogP contribution >= 0.6 is 27.5 Å². The van der Waals surface area contributed by atoms with E-state index < -0.39 is 5.82 Å². The molecule has 0 saturated heterocycles. The normalized spacial score (nSPS) is 10.4. The molecule has 0 unspecified atom stereocenters. The van der Waals surface area contributed by atoms with Gasteiger partial charge in [-0.3, -0.25) is 0 Å². The summed E-state index contributed by atoms with van der Waals surface area (Å²) in [6.07, 6.45) is 0. The summed E-state index contributed by atoms with van der Waals surface area (Å²) in [5.41, 5.74) is 7.00. The second kappa shape index (κ2) is 5.16. The second-order valence-electron chi connectivity index (χ2n) is 3.82. The summed E-state index contributed by atoms with van der Waals surface area (Å²) >= 11 is 8.97. The predicted octanol–water partition coefficient (Wildman–Crippen LogP) is 4.92. The summed E-state index contributed by atoms with van der Waals surface area (Å²) < 4.78 is 19.2. The molecule has 0 saturated carbocycles. The Labute approximate surface area is 118 Å². The molecule has 0 heterocycles. The minimum atomic E-state index is -0.426. The number of aryl methyl sites for hydroxylation is 1. The SMILES string of the molecule is Cc1cc(Oc2cc(F)c(Br)cc2N)ccc1Cl. The van der Waals surface area contributed by atoms with E-state index in [0.29, 0.717) is 20.9 Å². The molecule has 2 rings (SSSR count). The molecule has 2 N–H and O–H groups in total. The number of anilines is 1. The average molecular weight is 331 g/mol. The molecule has 2 nitrogen and oxygen atoms in total. The first-order valence-corrected chi connectivity index (χ1v) is 6.33. The molecule has 0 aliphatic rings. The van der Waals surface area contributed by atoms with Crippen LogP contribution in [0.4, 0.5) is 10.1 Å². The minimum absolute atomic E-state index is 0.275. The summed E-state index contributed by atoms with van der Waals surface area (Å²) in [5, 5.41) is 0.650. The van der Waals surface area contributed by atoms with Crippen LogP contribution in [0.1, 0.15) is 5.56 Å². The Morgan fingerprint density at radius 2 is 2.00 bits per heavy atom. The maximum Gasteiger partial charge on any atom is 0.153 e. The van der Waals surface area contributed by atoms with Gasteiger partial charge in [0, 0.05) is 11.1 Å². The van der Waals surface area contributed by atoms with Crippen LogP contribution in [0.5, 0.6) is 11.5 Å². The van der Waals surface area contributed by atoms with Crippen LogP contribution in [-0.2, 0) is 0 Å². The van der Waals surface area contributed by atoms with Gasteiger partial charge in [-0.25, -0.2) is 4.39 Å². The van der Waals surface area contributed by atoms with Crippen molar-refractivity contribution in [3.63, 3.8) is 0 Å². The molecule has 0 aliphatic carbocycles. The zero-order valence-electron chi connectivity index (χ0n) is 9.51. The highest BCUT2D eigenvalue weighted by molar-refractivity contribution is 9.10. The van der Waals surface area contributed by atoms with Gasteiger partial charge in [0.2, 0.25) is 0 Å². The van der Waals surface area contributed by atoms with Crippen LogP contribution in [0.15, 0.2) is 34.8 Å². The summed E-state index contributed by atoms with van der Waals surface area (Å²) in [5.74, 6) is 0.410. The van der Waals surface area contributed by atoms with Crippen LogP contribution < -0.4 is 10.5 Å². The van der Waals surface area contributed by atoms with Gasteiger partial charge >= 0.3 is 0 Å². The molecule has 0 bridgehead atoms. The molecule has 5 heteroatoms. The van der Waals surface area contributed by atoms with Gasteiger partial charge in [-0.05, 0) is 52.7 Å². The molecule has 0 aromatic heterocycles. The van der Waals surface area contributed by atoms with E-state index in [1.165, 1.54) is 12.1 Å². The third-order valence-electron chi connectivity index (χ3n) is 2.41. The van der Waals surface area contributed by atoms with Crippen molar-refractivity contribution in [2.24, 2.45) is 0 Å². The molecule has 18 heavy (non-hydrogen) atoms. The first-order valence-electron chi connectivity index (χ1n) is 5.16. The standard InChI is InChI=1S/C13H10BrClFNO/c1-7-4-8(2-3-10(7)15)18-13-6-11(16)9(14)5-12(13)17/h2-6H,17H2,1H3. The fraction of sp³-hybridized carbons (Fsp3) is 0.0769. The van der Waals surface area contributed by atoms with Crippen molar-refractivity contribution in [2.75, 3.05) is 5.73 Å². The Balaban J connectivity index is 2.34. The fourth-order valence-corrected chi connectivity index (χ4v) is 1.92. The number of halogens is 3. The van der Waals surface area contributed by atoms with Gasteiger partial charge in [-0.2, -0.15) is 0 Å². The summed E-state index contributed by atoms with van der Waals surface area (Å²) in [6, 6.07) is 7.89. The molecule has 0 spiro atoms. The lowest BCUT2D eigenvalue weighted by atomic mass is 10.2. The lowest BCUT2D eigenvalue weighted by Gasteiger charge is -2.10. The van der Waals surface area contributed by atoms with E-state index >= 15 is 0 Å². The van der Waals surface area contributed by atoms with Gasteiger partial charge in [0.15, 0.2) is 5.75 Å². The zero-order valence-corrected chi connectivity index (χ0v) is 11.8. The van der Waals surface area contributed by atoms with Crippen molar-refractivity contribution in [3.05, 3.63) is 51.2 Å². The number of nitrogens with two attached hydrogens (primary N) is 1. The van der Waals surface area contributed by atoms with Crippen LogP contribution in [0, 0.1) is 12.7 Å². The van der Waals surface area contributed by atoms with Crippen LogP contribution in [0.3, 0.4) is 0 Å². The molecular formula is C13H10BrClFNO. The first-order chi connectivity index (χ1) is 8.47. The fourth-order valence-electron chi connectivity index (χ4n) is 1.44. The third kappa shape index (κ3) is 2.76. The number of benzene rings is 2. The highest BCUT2D eigenvalue weighted by Crippen LogP contribution is 2.33. The topological polar surface area (TPSA) is 35.2 Å². The molecule has 2 aromatic rings. The quantitative estimate of drug-likeness (QED) is 0.793. The van der Waals surface area contributed by atoms with E-state index in [9.17, 15) is 4.39 Å². The van der Waals surface area contributed by atoms with E-state index in [2.05, 4.69) is 15.9 Å². The molecule has 2 aromatic carbocycles. The van der Waals surface area contributed by atoms with Crippen molar-refractivity contribution in [2.45, 2.75) is 6.92 Å². The second-order valence-corrected chi connectivity index (χ2v) is 5.08. The van der Waals surface area contributed by atoms with Crippen LogP contribution in [0.25, 0.3) is 0 Å². The summed E-state index contributed by atoms with van der Waals surface area (Å²) in [7, 11) is 0. The highest BCUT2D eigenvalue weighted by atomic mass is 79.9. The molecule has 0 fully saturated rings. The third-order valence-corrected chi connectivity index (χ3v) is 3.44. The summed E-state index contributed by atoms with van der Waals surface area (Å²) in [4.78, 5) is 0. The predicted molar refractivity (Wildman–Crippen MR) is 74.8 cm³/mol. The van der Waals surface area contributed by atoms with Gasteiger partial charge in [0.25, 0.3) is 0 Å². The van der Waals surface area contributed by atoms with Crippen molar-refractivity contribution in [1.29, 1.82) is 0 Å².